The zero-order valence-electron chi connectivity index (χ0n) is 22.6. The largest absolute Gasteiger partial charge is 0.492 e. The molecule has 1 fully saturated rings. The van der Waals surface area contributed by atoms with Gasteiger partial charge in [-0.25, -0.2) is 0 Å². The fourth-order valence-electron chi connectivity index (χ4n) is 4.77. The molecule has 0 atom stereocenters. The van der Waals surface area contributed by atoms with Gasteiger partial charge in [-0.2, -0.15) is 18.3 Å². The molecule has 2 aliphatic heterocycles. The number of ether oxygens (including phenoxy) is 1. The highest BCUT2D eigenvalue weighted by atomic mass is 19.4. The number of hydrogen-bond donors (Lipinski definition) is 3. The maximum absolute atomic E-state index is 13.6. The van der Waals surface area contributed by atoms with E-state index in [4.69, 9.17) is 4.74 Å². The van der Waals surface area contributed by atoms with E-state index in [1.165, 1.54) is 6.07 Å². The summed E-state index contributed by atoms with van der Waals surface area (Å²) in [5.41, 5.74) is 9.88. The molecule has 1 saturated heterocycles. The zero-order valence-corrected chi connectivity index (χ0v) is 22.6. The number of hydrazine groups is 2. The lowest BCUT2D eigenvalue weighted by atomic mass is 10.1. The summed E-state index contributed by atoms with van der Waals surface area (Å²) in [5, 5.41) is 8.63. The molecule has 3 N–H and O–H groups in total. The van der Waals surface area contributed by atoms with Crippen LogP contribution in [0.2, 0.25) is 0 Å². The van der Waals surface area contributed by atoms with E-state index in [0.717, 1.165) is 60.6 Å². The summed E-state index contributed by atoms with van der Waals surface area (Å²) in [6, 6.07) is 8.39. The molecule has 3 aromatic rings. The Morgan fingerprint density at radius 2 is 1.90 bits per heavy atom. The number of alkyl halides is 3. The number of halogens is 3. The predicted molar refractivity (Wildman–Crippen MR) is 146 cm³/mol. The van der Waals surface area contributed by atoms with Gasteiger partial charge in [-0.1, -0.05) is 6.07 Å². The number of carbonyl (C=O) groups excluding carboxylic acids is 1. The summed E-state index contributed by atoms with van der Waals surface area (Å²) >= 11 is 0. The average molecular weight is 556 g/mol. The van der Waals surface area contributed by atoms with Crippen LogP contribution in [0.3, 0.4) is 0 Å². The Bertz CT molecular complexity index is 1430. The van der Waals surface area contributed by atoms with E-state index in [1.54, 1.807) is 34.1 Å². The molecule has 212 valence electrons. The number of benzene rings is 2. The van der Waals surface area contributed by atoms with Crippen LogP contribution in [0.25, 0.3) is 5.70 Å². The number of likely N-dealkylation sites (tertiary alicyclic amines) is 1. The van der Waals surface area contributed by atoms with Gasteiger partial charge in [-0.05, 0) is 69.6 Å². The van der Waals surface area contributed by atoms with E-state index in [0.29, 0.717) is 12.2 Å². The summed E-state index contributed by atoms with van der Waals surface area (Å²) in [7, 11) is 1.86. The van der Waals surface area contributed by atoms with Gasteiger partial charge in [0.25, 0.3) is 5.91 Å². The van der Waals surface area contributed by atoms with Gasteiger partial charge in [-0.15, -0.1) is 5.53 Å². The first-order chi connectivity index (χ1) is 19.1. The molecule has 3 heterocycles. The highest BCUT2D eigenvalue weighted by Crippen LogP contribution is 2.34. The quantitative estimate of drug-likeness (QED) is 0.374. The van der Waals surface area contributed by atoms with Crippen molar-refractivity contribution >= 4 is 23.0 Å². The summed E-state index contributed by atoms with van der Waals surface area (Å²) in [6.07, 6.45) is 1.26. The molecule has 0 bridgehead atoms. The standard InChI is InChI=1S/C28H32F3N7O2/c1-18-6-7-20(12-26(18)38-17-25(34-35-38)24-16-32-36(3)19(24)2)27(39)33-22-13-21(28(29,30)31)14-23(15-22)40-11-10-37-8-4-5-9-37/h6-7,12-17,34-35H,4-5,8-11H2,1-3H3,(H,33,39). The Morgan fingerprint density at radius 1 is 1.12 bits per heavy atom. The molecule has 5 rings (SSSR count). The number of hydrogen-bond acceptors (Lipinski definition) is 7. The molecule has 1 aromatic heterocycles. The van der Waals surface area contributed by atoms with Crippen LogP contribution in [0.1, 0.15) is 45.6 Å². The van der Waals surface area contributed by atoms with Crippen LogP contribution in [-0.2, 0) is 13.2 Å². The number of nitrogens with zero attached hydrogens (tertiary/aromatic N) is 4. The average Bonchev–Trinajstić information content (AvgIpc) is 3.67. The van der Waals surface area contributed by atoms with Crippen LogP contribution in [0.5, 0.6) is 5.75 Å². The third-order valence-electron chi connectivity index (χ3n) is 7.19. The van der Waals surface area contributed by atoms with Crippen molar-refractivity contribution in [3.63, 3.8) is 0 Å². The number of anilines is 2. The molecule has 0 unspecified atom stereocenters. The summed E-state index contributed by atoms with van der Waals surface area (Å²) in [6.45, 7) is 6.70. The third-order valence-corrected chi connectivity index (χ3v) is 7.19. The lowest BCUT2D eigenvalue weighted by molar-refractivity contribution is -0.137. The minimum Gasteiger partial charge on any atom is -0.492 e. The molecule has 0 spiro atoms. The summed E-state index contributed by atoms with van der Waals surface area (Å²) < 4.78 is 48.3. The molecule has 2 aromatic carbocycles. The van der Waals surface area contributed by atoms with Crippen molar-refractivity contribution in [2.24, 2.45) is 7.05 Å². The maximum atomic E-state index is 13.6. The van der Waals surface area contributed by atoms with Crippen molar-refractivity contribution in [1.29, 1.82) is 0 Å². The lowest BCUT2D eigenvalue weighted by Gasteiger charge is -2.19. The molecular formula is C28H32F3N7O2. The molecule has 2 aliphatic rings. The van der Waals surface area contributed by atoms with Gasteiger partial charge in [0.1, 0.15) is 12.4 Å². The van der Waals surface area contributed by atoms with Crippen LogP contribution < -0.4 is 26.0 Å². The van der Waals surface area contributed by atoms with Crippen LogP contribution in [0.4, 0.5) is 24.5 Å². The Morgan fingerprint density at radius 3 is 2.60 bits per heavy atom. The van der Waals surface area contributed by atoms with E-state index in [9.17, 15) is 18.0 Å². The first kappa shape index (κ1) is 27.5. The zero-order chi connectivity index (χ0) is 28.4. The normalized spacial score (nSPS) is 15.8. The van der Waals surface area contributed by atoms with Crippen molar-refractivity contribution in [3.05, 3.63) is 76.7 Å². The predicted octanol–water partition coefficient (Wildman–Crippen LogP) is 4.61. The van der Waals surface area contributed by atoms with E-state index >= 15 is 0 Å². The third kappa shape index (κ3) is 6.07. The van der Waals surface area contributed by atoms with Gasteiger partial charge in [0.2, 0.25) is 0 Å². The first-order valence-electron chi connectivity index (χ1n) is 13.1. The minimum absolute atomic E-state index is 0.00771. The minimum atomic E-state index is -4.59. The monoisotopic (exact) mass is 555 g/mol. The topological polar surface area (TPSA) is 86.7 Å². The fourth-order valence-corrected chi connectivity index (χ4v) is 4.77. The van der Waals surface area contributed by atoms with Crippen molar-refractivity contribution in [1.82, 2.24) is 25.6 Å². The van der Waals surface area contributed by atoms with Gasteiger partial charge < -0.3 is 15.5 Å². The molecule has 0 aliphatic carbocycles. The molecule has 40 heavy (non-hydrogen) atoms. The SMILES string of the molecule is Cc1ccc(C(=O)Nc2cc(OCCN3CCCC3)cc(C(F)(F)F)c2)cc1N1C=C(c2cnn(C)c2C)NN1. The number of aryl methyl sites for hydroxylation is 2. The van der Waals surface area contributed by atoms with E-state index in [-0.39, 0.29) is 23.6 Å². The highest BCUT2D eigenvalue weighted by molar-refractivity contribution is 6.05. The molecular weight excluding hydrogens is 523 g/mol. The Kier molecular flexibility index (Phi) is 7.72. The van der Waals surface area contributed by atoms with E-state index < -0.39 is 17.6 Å². The molecule has 0 saturated carbocycles. The summed E-state index contributed by atoms with van der Waals surface area (Å²) in [4.78, 5) is 15.4. The number of carbonyl (C=O) groups is 1. The van der Waals surface area contributed by atoms with Gasteiger partial charge in [0, 0.05) is 48.4 Å². The van der Waals surface area contributed by atoms with Gasteiger partial charge in [-0.3, -0.25) is 19.4 Å². The van der Waals surface area contributed by atoms with Crippen molar-refractivity contribution in [2.75, 3.05) is 36.6 Å². The fraction of sp³-hybridized carbons (Fsp3) is 0.357. The Balaban J connectivity index is 1.33. The maximum Gasteiger partial charge on any atom is 0.416 e. The molecule has 12 heteroatoms. The second kappa shape index (κ2) is 11.2. The smallest absolute Gasteiger partial charge is 0.416 e. The van der Waals surface area contributed by atoms with Crippen LogP contribution in [0, 0.1) is 13.8 Å². The van der Waals surface area contributed by atoms with Crippen molar-refractivity contribution in [3.8, 4) is 5.75 Å². The van der Waals surface area contributed by atoms with Crippen molar-refractivity contribution < 1.29 is 22.7 Å². The van der Waals surface area contributed by atoms with Crippen LogP contribution in [0.15, 0.2) is 48.8 Å². The second-order valence-electron chi connectivity index (χ2n) is 10.0. The number of rotatable bonds is 8. The molecule has 9 nitrogen and oxygen atoms in total. The molecule has 0 radical (unpaired) electrons. The Labute approximate surface area is 230 Å². The first-order valence-corrected chi connectivity index (χ1v) is 13.1. The van der Waals surface area contributed by atoms with E-state index in [1.807, 2.05) is 27.1 Å². The molecule has 1 amide bonds. The van der Waals surface area contributed by atoms with Gasteiger partial charge in [0.05, 0.1) is 23.1 Å². The summed E-state index contributed by atoms with van der Waals surface area (Å²) in [5.74, 6) is -0.479. The van der Waals surface area contributed by atoms with Crippen LogP contribution >= 0.6 is 0 Å². The Hall–Kier alpha value is -4.03. The second-order valence-corrected chi connectivity index (χ2v) is 10.0. The van der Waals surface area contributed by atoms with Crippen molar-refractivity contribution in [2.45, 2.75) is 32.9 Å². The van der Waals surface area contributed by atoms with Gasteiger partial charge in [0.15, 0.2) is 0 Å². The number of nitrogens with one attached hydrogen (secondary N) is 3. The number of aromatic nitrogens is 2. The lowest BCUT2D eigenvalue weighted by Crippen LogP contribution is -2.36. The van der Waals surface area contributed by atoms with Crippen LogP contribution in [-0.4, -0.2) is 46.8 Å². The van der Waals surface area contributed by atoms with Gasteiger partial charge >= 0.3 is 6.18 Å². The van der Waals surface area contributed by atoms with E-state index in [2.05, 4.69) is 26.3 Å². The number of amides is 1. The highest BCUT2D eigenvalue weighted by Gasteiger charge is 2.32.